The van der Waals surface area contributed by atoms with Crippen molar-refractivity contribution in [2.24, 2.45) is 5.92 Å². The van der Waals surface area contributed by atoms with Crippen LogP contribution in [0, 0.1) is 12.8 Å². The van der Waals surface area contributed by atoms with Crippen LogP contribution in [-0.2, 0) is 4.79 Å². The molecule has 2 bridgehead atoms. The SMILES string of the molecule is C=CC(=O)N1C[C@H]2CC[C@@H]1C[C@@H]2c1ccn2ncnc(Nc3ccc(Oc4ccn5ncnc5c4)c(C)c3)c12. The highest BCUT2D eigenvalue weighted by molar-refractivity contribution is 5.87. The van der Waals surface area contributed by atoms with Crippen LogP contribution in [0.15, 0.2) is 74.1 Å². The summed E-state index contributed by atoms with van der Waals surface area (Å²) in [6.07, 6.45) is 11.5. The van der Waals surface area contributed by atoms with E-state index in [1.807, 2.05) is 59.1 Å². The van der Waals surface area contributed by atoms with Gasteiger partial charge in [-0.1, -0.05) is 6.58 Å². The fourth-order valence-corrected chi connectivity index (χ4v) is 6.22. The normalized spacial score (nSPS) is 20.4. The second kappa shape index (κ2) is 9.23. The van der Waals surface area contributed by atoms with Gasteiger partial charge < -0.3 is 15.0 Å². The van der Waals surface area contributed by atoms with E-state index in [0.717, 1.165) is 59.8 Å². The first-order valence-corrected chi connectivity index (χ1v) is 13.2. The molecule has 1 aliphatic carbocycles. The molecule has 0 radical (unpaired) electrons. The number of aromatic nitrogens is 6. The molecular formula is C29H28N8O2. The molecule has 2 saturated heterocycles. The number of nitrogens with one attached hydrogen (secondary N) is 1. The van der Waals surface area contributed by atoms with Crippen LogP contribution in [0.5, 0.6) is 11.5 Å². The number of amides is 1. The number of piperidine rings is 2. The second-order valence-corrected chi connectivity index (χ2v) is 10.3. The molecule has 1 saturated carbocycles. The maximum atomic E-state index is 12.4. The summed E-state index contributed by atoms with van der Waals surface area (Å²) < 4.78 is 9.73. The van der Waals surface area contributed by atoms with Crippen molar-refractivity contribution in [2.45, 2.75) is 38.1 Å². The number of aryl methyl sites for hydroxylation is 1. The summed E-state index contributed by atoms with van der Waals surface area (Å²) in [4.78, 5) is 23.2. The Labute approximate surface area is 224 Å². The molecule has 10 heteroatoms. The number of ether oxygens (including phenoxy) is 1. The summed E-state index contributed by atoms with van der Waals surface area (Å²) in [5.41, 5.74) is 4.84. The third-order valence-corrected chi connectivity index (χ3v) is 8.10. The molecule has 3 atom stereocenters. The summed E-state index contributed by atoms with van der Waals surface area (Å²) in [6, 6.07) is 12.1. The minimum Gasteiger partial charge on any atom is -0.457 e. The molecule has 1 aromatic carbocycles. The van der Waals surface area contributed by atoms with Gasteiger partial charge >= 0.3 is 0 Å². The molecule has 1 N–H and O–H groups in total. The van der Waals surface area contributed by atoms with Crippen LogP contribution in [0.2, 0.25) is 0 Å². The number of rotatable bonds is 6. The van der Waals surface area contributed by atoms with Crippen LogP contribution < -0.4 is 10.1 Å². The highest BCUT2D eigenvalue weighted by Gasteiger charge is 2.43. The minimum absolute atomic E-state index is 0.0393. The van der Waals surface area contributed by atoms with Crippen LogP contribution in [0.1, 0.15) is 36.3 Å². The Bertz CT molecular complexity index is 1720. The van der Waals surface area contributed by atoms with Crippen LogP contribution in [-0.4, -0.2) is 52.6 Å². The Balaban J connectivity index is 1.15. The smallest absolute Gasteiger partial charge is 0.246 e. The van der Waals surface area contributed by atoms with Gasteiger partial charge in [-0.15, -0.1) is 0 Å². The van der Waals surface area contributed by atoms with Crippen molar-refractivity contribution in [1.29, 1.82) is 0 Å². The van der Waals surface area contributed by atoms with Crippen molar-refractivity contribution >= 4 is 28.6 Å². The molecule has 39 heavy (non-hydrogen) atoms. The van der Waals surface area contributed by atoms with Gasteiger partial charge in [0.05, 0.1) is 0 Å². The van der Waals surface area contributed by atoms with Gasteiger partial charge in [0.2, 0.25) is 5.91 Å². The van der Waals surface area contributed by atoms with Gasteiger partial charge in [0, 0.05) is 36.7 Å². The largest absolute Gasteiger partial charge is 0.457 e. The molecule has 0 spiro atoms. The van der Waals surface area contributed by atoms with E-state index >= 15 is 0 Å². The van der Waals surface area contributed by atoms with Crippen molar-refractivity contribution in [3.05, 3.63) is 85.2 Å². The number of fused-ring (bicyclic) bond motifs is 5. The van der Waals surface area contributed by atoms with E-state index in [9.17, 15) is 4.79 Å². The number of carbonyl (C=O) groups is 1. The van der Waals surface area contributed by atoms with Crippen molar-refractivity contribution in [3.8, 4) is 11.5 Å². The predicted molar refractivity (Wildman–Crippen MR) is 146 cm³/mol. The average molecular weight is 521 g/mol. The van der Waals surface area contributed by atoms with Crippen molar-refractivity contribution in [2.75, 3.05) is 11.9 Å². The van der Waals surface area contributed by atoms with Gasteiger partial charge in [0.15, 0.2) is 11.5 Å². The topological polar surface area (TPSA) is 102 Å². The van der Waals surface area contributed by atoms with Crippen molar-refractivity contribution < 1.29 is 9.53 Å². The maximum absolute atomic E-state index is 12.4. The summed E-state index contributed by atoms with van der Waals surface area (Å²) >= 11 is 0. The van der Waals surface area contributed by atoms with Crippen LogP contribution >= 0.6 is 0 Å². The fraction of sp³-hybridized carbons (Fsp3) is 0.276. The van der Waals surface area contributed by atoms with Gasteiger partial charge in [-0.05, 0) is 85.6 Å². The van der Waals surface area contributed by atoms with Crippen LogP contribution in [0.3, 0.4) is 0 Å². The van der Waals surface area contributed by atoms with E-state index in [2.05, 4.69) is 38.1 Å². The third-order valence-electron chi connectivity index (χ3n) is 8.10. The fourth-order valence-electron chi connectivity index (χ4n) is 6.22. The zero-order valence-electron chi connectivity index (χ0n) is 21.6. The summed E-state index contributed by atoms with van der Waals surface area (Å²) in [5, 5.41) is 12.1. The number of carbonyl (C=O) groups excluding carboxylic acids is 1. The Morgan fingerprint density at radius 1 is 1.08 bits per heavy atom. The first-order valence-electron chi connectivity index (χ1n) is 13.2. The van der Waals surface area contributed by atoms with Gasteiger partial charge in [-0.2, -0.15) is 10.2 Å². The number of benzene rings is 1. The lowest BCUT2D eigenvalue weighted by molar-refractivity contribution is -0.133. The van der Waals surface area contributed by atoms with Gasteiger partial charge in [0.1, 0.15) is 29.7 Å². The highest BCUT2D eigenvalue weighted by Crippen LogP contribution is 2.47. The van der Waals surface area contributed by atoms with E-state index in [1.54, 1.807) is 10.8 Å². The molecule has 6 heterocycles. The second-order valence-electron chi connectivity index (χ2n) is 10.3. The molecule has 0 unspecified atom stereocenters. The molecule has 4 aromatic heterocycles. The zero-order chi connectivity index (χ0) is 26.5. The predicted octanol–water partition coefficient (Wildman–Crippen LogP) is 4.90. The summed E-state index contributed by atoms with van der Waals surface area (Å²) in [7, 11) is 0. The molecular weight excluding hydrogens is 492 g/mol. The highest BCUT2D eigenvalue weighted by atomic mass is 16.5. The number of hydrogen-bond donors (Lipinski definition) is 1. The minimum atomic E-state index is 0.0393. The van der Waals surface area contributed by atoms with Crippen LogP contribution in [0.25, 0.3) is 11.2 Å². The van der Waals surface area contributed by atoms with E-state index in [0.29, 0.717) is 17.6 Å². The standard InChI is InChI=1S/C29H28N8O2/c1-3-27(38)35-15-19-4-6-21(35)13-24(19)23-9-11-37-28(23)29(31-17-33-37)34-20-5-7-25(18(2)12-20)39-22-8-10-36-26(14-22)30-16-32-36/h3,5,7-12,14,16-17,19,21,24H,1,4,6,13,15H2,2H3,(H,31,33,34)/t19-,21-,24+/m1/s1. The first kappa shape index (κ1) is 23.4. The summed E-state index contributed by atoms with van der Waals surface area (Å²) in [5.74, 6) is 3.03. The monoisotopic (exact) mass is 520 g/mol. The molecule has 196 valence electrons. The quantitative estimate of drug-likeness (QED) is 0.318. The van der Waals surface area contributed by atoms with Crippen molar-refractivity contribution in [3.63, 3.8) is 0 Å². The van der Waals surface area contributed by atoms with Crippen LogP contribution in [0.4, 0.5) is 11.5 Å². The molecule has 10 nitrogen and oxygen atoms in total. The van der Waals surface area contributed by atoms with Gasteiger partial charge in [-0.25, -0.2) is 19.0 Å². The average Bonchev–Trinajstić information content (AvgIpc) is 3.62. The zero-order valence-corrected chi connectivity index (χ0v) is 21.6. The Hall–Kier alpha value is -4.73. The number of anilines is 2. The maximum Gasteiger partial charge on any atom is 0.246 e. The number of nitrogens with zero attached hydrogens (tertiary/aromatic N) is 7. The lowest BCUT2D eigenvalue weighted by atomic mass is 9.69. The Kier molecular flexibility index (Phi) is 5.54. The lowest BCUT2D eigenvalue weighted by Crippen LogP contribution is -2.53. The molecule has 8 rings (SSSR count). The summed E-state index contributed by atoms with van der Waals surface area (Å²) in [6.45, 7) is 6.48. The number of hydrogen-bond acceptors (Lipinski definition) is 7. The van der Waals surface area contributed by atoms with E-state index in [-0.39, 0.29) is 11.9 Å². The molecule has 1 amide bonds. The number of pyridine rings is 1. The lowest BCUT2D eigenvalue weighted by Gasteiger charge is -2.49. The van der Waals surface area contributed by atoms with Gasteiger partial charge in [0.25, 0.3) is 0 Å². The Morgan fingerprint density at radius 2 is 1.92 bits per heavy atom. The molecule has 2 aliphatic heterocycles. The molecule has 3 fully saturated rings. The van der Waals surface area contributed by atoms with E-state index in [1.165, 1.54) is 18.0 Å². The third kappa shape index (κ3) is 4.08. The first-order chi connectivity index (χ1) is 19.1. The van der Waals surface area contributed by atoms with E-state index < -0.39 is 0 Å². The molecule has 5 aromatic rings. The molecule has 3 aliphatic rings. The van der Waals surface area contributed by atoms with E-state index in [4.69, 9.17) is 4.74 Å². The van der Waals surface area contributed by atoms with Crippen molar-refractivity contribution in [1.82, 2.24) is 34.1 Å². The van der Waals surface area contributed by atoms with Gasteiger partial charge in [-0.3, -0.25) is 4.79 Å². The Morgan fingerprint density at radius 3 is 2.74 bits per heavy atom.